The second-order valence-electron chi connectivity index (χ2n) is 4.40. The molecular formula is C13H16N2S. The highest BCUT2D eigenvalue weighted by atomic mass is 32.2. The summed E-state index contributed by atoms with van der Waals surface area (Å²) in [4.78, 5) is 4.50. The van der Waals surface area contributed by atoms with Crippen LogP contribution >= 0.6 is 11.8 Å². The number of hydrogen-bond donors (Lipinski definition) is 1. The SMILES string of the molecule is CC1=CC(C)(C)SC(Nc2ccccc2)=N1. The number of para-hydroxylation sites is 1. The average Bonchev–Trinajstić information content (AvgIpc) is 2.15. The number of allylic oxidation sites excluding steroid dienone is 1. The molecule has 1 heterocycles. The molecule has 3 heteroatoms. The van der Waals surface area contributed by atoms with Gasteiger partial charge in [0.2, 0.25) is 0 Å². The Bertz CT molecular complexity index is 433. The molecule has 1 aromatic carbocycles. The largest absolute Gasteiger partial charge is 0.335 e. The van der Waals surface area contributed by atoms with Gasteiger partial charge in [0.25, 0.3) is 0 Å². The van der Waals surface area contributed by atoms with Crippen LogP contribution in [0.1, 0.15) is 20.8 Å². The zero-order valence-electron chi connectivity index (χ0n) is 9.82. The molecule has 2 nitrogen and oxygen atoms in total. The molecule has 0 spiro atoms. The number of rotatable bonds is 1. The monoisotopic (exact) mass is 232 g/mol. The zero-order valence-corrected chi connectivity index (χ0v) is 10.6. The van der Waals surface area contributed by atoms with Crippen molar-refractivity contribution in [2.24, 2.45) is 4.99 Å². The predicted octanol–water partition coefficient (Wildman–Crippen LogP) is 3.88. The van der Waals surface area contributed by atoms with Gasteiger partial charge in [0, 0.05) is 16.1 Å². The Morgan fingerprint density at radius 2 is 1.88 bits per heavy atom. The summed E-state index contributed by atoms with van der Waals surface area (Å²) in [6.45, 7) is 6.43. The first-order chi connectivity index (χ1) is 7.55. The van der Waals surface area contributed by atoms with Crippen LogP contribution in [-0.2, 0) is 0 Å². The number of nitrogens with zero attached hydrogens (tertiary/aromatic N) is 1. The van der Waals surface area contributed by atoms with Crippen LogP contribution in [0.2, 0.25) is 0 Å². The summed E-state index contributed by atoms with van der Waals surface area (Å²) in [5.41, 5.74) is 2.15. The number of thioether (sulfide) groups is 1. The molecule has 2 rings (SSSR count). The molecule has 0 bridgehead atoms. The van der Waals surface area contributed by atoms with Gasteiger partial charge in [-0.2, -0.15) is 0 Å². The number of amidine groups is 1. The smallest absolute Gasteiger partial charge is 0.166 e. The molecule has 84 valence electrons. The molecule has 0 amide bonds. The molecule has 0 atom stereocenters. The number of hydrogen-bond acceptors (Lipinski definition) is 3. The number of aliphatic imine (C=N–C) groups is 1. The third-order valence-corrected chi connectivity index (χ3v) is 3.25. The van der Waals surface area contributed by atoms with Gasteiger partial charge in [-0.25, -0.2) is 4.99 Å². The van der Waals surface area contributed by atoms with Crippen molar-refractivity contribution in [2.75, 3.05) is 5.32 Å². The van der Waals surface area contributed by atoms with E-state index in [-0.39, 0.29) is 4.75 Å². The molecule has 1 aliphatic rings. The third kappa shape index (κ3) is 2.89. The van der Waals surface area contributed by atoms with Crippen LogP contribution in [0.4, 0.5) is 5.69 Å². The van der Waals surface area contributed by atoms with Gasteiger partial charge in [-0.3, -0.25) is 0 Å². The lowest BCUT2D eigenvalue weighted by Gasteiger charge is -2.25. The van der Waals surface area contributed by atoms with E-state index < -0.39 is 0 Å². The number of nitrogens with one attached hydrogen (secondary N) is 1. The maximum absolute atomic E-state index is 4.50. The number of anilines is 1. The summed E-state index contributed by atoms with van der Waals surface area (Å²) in [5, 5.41) is 4.31. The Morgan fingerprint density at radius 3 is 2.50 bits per heavy atom. The fraction of sp³-hybridized carbons (Fsp3) is 0.308. The highest BCUT2D eigenvalue weighted by Crippen LogP contribution is 2.33. The molecule has 1 aliphatic heterocycles. The van der Waals surface area contributed by atoms with Crippen LogP contribution in [0.5, 0.6) is 0 Å². The molecule has 0 saturated carbocycles. The van der Waals surface area contributed by atoms with Gasteiger partial charge in [0.05, 0.1) is 0 Å². The van der Waals surface area contributed by atoms with Crippen molar-refractivity contribution < 1.29 is 0 Å². The Morgan fingerprint density at radius 1 is 1.19 bits per heavy atom. The van der Waals surface area contributed by atoms with Crippen LogP contribution in [0.25, 0.3) is 0 Å². The third-order valence-electron chi connectivity index (χ3n) is 2.22. The summed E-state index contributed by atoms with van der Waals surface area (Å²) in [7, 11) is 0. The van der Waals surface area contributed by atoms with Crippen molar-refractivity contribution in [3.05, 3.63) is 42.1 Å². The normalized spacial score (nSPS) is 18.7. The molecule has 0 fully saturated rings. The van der Waals surface area contributed by atoms with Gasteiger partial charge < -0.3 is 5.32 Å². The maximum atomic E-state index is 4.50. The first kappa shape index (κ1) is 11.3. The van der Waals surface area contributed by atoms with E-state index in [2.05, 4.69) is 30.2 Å². The standard InChI is InChI=1S/C13H16N2S/c1-10-9-13(2,3)16-12(14-10)15-11-7-5-4-6-8-11/h4-9H,1-3H3,(H,14,15). The first-order valence-electron chi connectivity index (χ1n) is 5.34. The Hall–Kier alpha value is -1.22. The fourth-order valence-electron chi connectivity index (χ4n) is 1.70. The van der Waals surface area contributed by atoms with Crippen molar-refractivity contribution >= 4 is 22.6 Å². The topological polar surface area (TPSA) is 24.4 Å². The Labute approximate surface area is 101 Å². The van der Waals surface area contributed by atoms with Crippen LogP contribution in [0, 0.1) is 0 Å². The van der Waals surface area contributed by atoms with E-state index in [0.717, 1.165) is 16.6 Å². The molecule has 0 aromatic heterocycles. The van der Waals surface area contributed by atoms with Crippen molar-refractivity contribution in [1.82, 2.24) is 0 Å². The predicted molar refractivity (Wildman–Crippen MR) is 72.9 cm³/mol. The maximum Gasteiger partial charge on any atom is 0.166 e. The van der Waals surface area contributed by atoms with Gasteiger partial charge >= 0.3 is 0 Å². The molecule has 16 heavy (non-hydrogen) atoms. The Balaban J connectivity index is 2.15. The lowest BCUT2D eigenvalue weighted by Crippen LogP contribution is -2.22. The van der Waals surface area contributed by atoms with Crippen molar-refractivity contribution in [3.63, 3.8) is 0 Å². The summed E-state index contributed by atoms with van der Waals surface area (Å²) in [5.74, 6) is 0. The minimum absolute atomic E-state index is 0.114. The van der Waals surface area contributed by atoms with Gasteiger partial charge in [-0.05, 0) is 39.0 Å². The molecule has 0 radical (unpaired) electrons. The number of benzene rings is 1. The van der Waals surface area contributed by atoms with E-state index in [4.69, 9.17) is 0 Å². The van der Waals surface area contributed by atoms with Gasteiger partial charge in [-0.1, -0.05) is 30.0 Å². The summed E-state index contributed by atoms with van der Waals surface area (Å²) >= 11 is 1.75. The lowest BCUT2D eigenvalue weighted by atomic mass is 10.2. The summed E-state index contributed by atoms with van der Waals surface area (Å²) < 4.78 is 0.114. The molecule has 0 saturated heterocycles. The second kappa shape index (κ2) is 4.34. The van der Waals surface area contributed by atoms with E-state index in [1.165, 1.54) is 0 Å². The van der Waals surface area contributed by atoms with E-state index in [9.17, 15) is 0 Å². The van der Waals surface area contributed by atoms with Crippen molar-refractivity contribution in [2.45, 2.75) is 25.5 Å². The molecular weight excluding hydrogens is 216 g/mol. The van der Waals surface area contributed by atoms with Gasteiger partial charge in [-0.15, -0.1) is 0 Å². The minimum Gasteiger partial charge on any atom is -0.335 e. The second-order valence-corrected chi connectivity index (χ2v) is 6.04. The van der Waals surface area contributed by atoms with E-state index in [1.54, 1.807) is 11.8 Å². The minimum atomic E-state index is 0.114. The highest BCUT2D eigenvalue weighted by Gasteiger charge is 2.23. The molecule has 0 unspecified atom stereocenters. The molecule has 0 aliphatic carbocycles. The zero-order chi connectivity index (χ0) is 11.6. The van der Waals surface area contributed by atoms with Gasteiger partial charge in [0.1, 0.15) is 0 Å². The van der Waals surface area contributed by atoms with Crippen LogP contribution in [0.15, 0.2) is 47.1 Å². The van der Waals surface area contributed by atoms with Crippen molar-refractivity contribution in [3.8, 4) is 0 Å². The fourth-order valence-corrected chi connectivity index (χ4v) is 2.78. The summed E-state index contributed by atoms with van der Waals surface area (Å²) in [6, 6.07) is 10.1. The van der Waals surface area contributed by atoms with Crippen LogP contribution < -0.4 is 5.32 Å². The average molecular weight is 232 g/mol. The molecule has 1 aromatic rings. The lowest BCUT2D eigenvalue weighted by molar-refractivity contribution is 0.885. The van der Waals surface area contributed by atoms with Gasteiger partial charge in [0.15, 0.2) is 5.17 Å². The Kier molecular flexibility index (Phi) is 3.06. The molecule has 1 N–H and O–H groups in total. The highest BCUT2D eigenvalue weighted by molar-refractivity contribution is 8.15. The van der Waals surface area contributed by atoms with Crippen molar-refractivity contribution in [1.29, 1.82) is 0 Å². The van der Waals surface area contributed by atoms with Crippen LogP contribution in [0.3, 0.4) is 0 Å². The van der Waals surface area contributed by atoms with E-state index in [1.807, 2.05) is 37.3 Å². The quantitative estimate of drug-likeness (QED) is 0.794. The van der Waals surface area contributed by atoms with E-state index >= 15 is 0 Å². The first-order valence-corrected chi connectivity index (χ1v) is 6.16. The summed E-state index contributed by atoms with van der Waals surface area (Å²) in [6.07, 6.45) is 2.19. The van der Waals surface area contributed by atoms with Crippen LogP contribution in [-0.4, -0.2) is 9.91 Å². The van der Waals surface area contributed by atoms with E-state index in [0.29, 0.717) is 0 Å².